The SMILES string of the molecule is CC(C)CCCCCCN(CCc1ccccc1)CCc1ccccc1. The molecule has 26 heavy (non-hydrogen) atoms. The minimum Gasteiger partial charge on any atom is -0.303 e. The van der Waals surface area contributed by atoms with E-state index in [0.717, 1.165) is 18.8 Å². The third-order valence-electron chi connectivity index (χ3n) is 5.12. The Morgan fingerprint density at radius 1 is 0.615 bits per heavy atom. The molecular weight excluding hydrogens is 314 g/mol. The summed E-state index contributed by atoms with van der Waals surface area (Å²) in [5.74, 6) is 0.850. The van der Waals surface area contributed by atoms with Gasteiger partial charge in [0.25, 0.3) is 0 Å². The zero-order valence-electron chi connectivity index (χ0n) is 16.9. The highest BCUT2D eigenvalue weighted by atomic mass is 15.1. The number of nitrogens with zero attached hydrogens (tertiary/aromatic N) is 1. The minimum absolute atomic E-state index is 0.850. The smallest absolute Gasteiger partial charge is 0.00219 e. The quantitative estimate of drug-likeness (QED) is 0.378. The Hall–Kier alpha value is -1.60. The number of benzene rings is 2. The van der Waals surface area contributed by atoms with Gasteiger partial charge in [-0.1, -0.05) is 100 Å². The lowest BCUT2D eigenvalue weighted by molar-refractivity contribution is 0.272. The molecule has 0 heterocycles. The van der Waals surface area contributed by atoms with Gasteiger partial charge in [-0.05, 0) is 42.9 Å². The molecule has 0 N–H and O–H groups in total. The van der Waals surface area contributed by atoms with Crippen LogP contribution < -0.4 is 0 Å². The van der Waals surface area contributed by atoms with E-state index in [4.69, 9.17) is 0 Å². The molecular formula is C25H37N. The lowest BCUT2D eigenvalue weighted by Gasteiger charge is -2.22. The molecule has 0 fully saturated rings. The van der Waals surface area contributed by atoms with Crippen molar-refractivity contribution in [3.05, 3.63) is 71.8 Å². The second kappa shape index (κ2) is 12.7. The molecule has 0 saturated heterocycles. The lowest BCUT2D eigenvalue weighted by atomic mass is 10.0. The van der Waals surface area contributed by atoms with Crippen molar-refractivity contribution in [1.29, 1.82) is 0 Å². The molecule has 0 aromatic heterocycles. The normalized spacial score (nSPS) is 11.4. The summed E-state index contributed by atoms with van der Waals surface area (Å²) in [4.78, 5) is 2.67. The molecule has 0 radical (unpaired) electrons. The van der Waals surface area contributed by atoms with Crippen molar-refractivity contribution < 1.29 is 0 Å². The molecule has 0 aliphatic carbocycles. The maximum absolute atomic E-state index is 2.67. The summed E-state index contributed by atoms with van der Waals surface area (Å²) in [6, 6.07) is 21.8. The molecule has 0 aliphatic rings. The maximum Gasteiger partial charge on any atom is 0.00219 e. The van der Waals surface area contributed by atoms with E-state index in [9.17, 15) is 0 Å². The van der Waals surface area contributed by atoms with Crippen LogP contribution in [0.2, 0.25) is 0 Å². The average molecular weight is 352 g/mol. The first-order valence-corrected chi connectivity index (χ1v) is 10.5. The zero-order chi connectivity index (χ0) is 18.5. The predicted octanol–water partition coefficient (Wildman–Crippen LogP) is 6.38. The predicted molar refractivity (Wildman–Crippen MR) is 115 cm³/mol. The van der Waals surface area contributed by atoms with E-state index in [2.05, 4.69) is 79.4 Å². The van der Waals surface area contributed by atoms with Crippen LogP contribution >= 0.6 is 0 Å². The topological polar surface area (TPSA) is 3.24 Å². The van der Waals surface area contributed by atoms with Gasteiger partial charge in [0.1, 0.15) is 0 Å². The molecule has 0 unspecified atom stereocenters. The summed E-state index contributed by atoms with van der Waals surface area (Å²) in [5, 5.41) is 0. The summed E-state index contributed by atoms with van der Waals surface area (Å²) in [6.45, 7) is 8.23. The fourth-order valence-electron chi connectivity index (χ4n) is 3.44. The van der Waals surface area contributed by atoms with Crippen LogP contribution in [-0.2, 0) is 12.8 Å². The maximum atomic E-state index is 2.67. The van der Waals surface area contributed by atoms with Crippen LogP contribution in [0.25, 0.3) is 0 Å². The van der Waals surface area contributed by atoms with Crippen LogP contribution in [0.4, 0.5) is 0 Å². The van der Waals surface area contributed by atoms with Gasteiger partial charge in [-0.3, -0.25) is 0 Å². The van der Waals surface area contributed by atoms with Crippen LogP contribution in [0, 0.1) is 5.92 Å². The molecule has 0 spiro atoms. The van der Waals surface area contributed by atoms with Gasteiger partial charge in [-0.2, -0.15) is 0 Å². The van der Waals surface area contributed by atoms with Gasteiger partial charge in [-0.25, -0.2) is 0 Å². The van der Waals surface area contributed by atoms with Gasteiger partial charge >= 0.3 is 0 Å². The van der Waals surface area contributed by atoms with Gasteiger partial charge in [0, 0.05) is 13.1 Å². The molecule has 0 atom stereocenters. The second-order valence-electron chi connectivity index (χ2n) is 7.91. The Labute approximate surface area is 161 Å². The minimum atomic E-state index is 0.850. The summed E-state index contributed by atoms with van der Waals surface area (Å²) >= 11 is 0. The highest BCUT2D eigenvalue weighted by molar-refractivity contribution is 5.16. The fourth-order valence-corrected chi connectivity index (χ4v) is 3.44. The largest absolute Gasteiger partial charge is 0.303 e. The van der Waals surface area contributed by atoms with Crippen LogP contribution in [-0.4, -0.2) is 24.5 Å². The van der Waals surface area contributed by atoms with Gasteiger partial charge in [-0.15, -0.1) is 0 Å². The third-order valence-corrected chi connectivity index (χ3v) is 5.12. The molecule has 0 bridgehead atoms. The van der Waals surface area contributed by atoms with E-state index < -0.39 is 0 Å². The van der Waals surface area contributed by atoms with Gasteiger partial charge in [0.2, 0.25) is 0 Å². The molecule has 0 saturated carbocycles. The van der Waals surface area contributed by atoms with E-state index in [1.165, 1.54) is 62.9 Å². The molecule has 0 amide bonds. The number of rotatable bonds is 13. The van der Waals surface area contributed by atoms with E-state index in [0.29, 0.717) is 0 Å². The highest BCUT2D eigenvalue weighted by Gasteiger charge is 2.06. The van der Waals surface area contributed by atoms with Crippen molar-refractivity contribution >= 4 is 0 Å². The molecule has 1 heteroatoms. The molecule has 2 aromatic rings. The Bertz CT molecular complexity index is 518. The van der Waals surface area contributed by atoms with E-state index in [-0.39, 0.29) is 0 Å². The summed E-state index contributed by atoms with van der Waals surface area (Å²) in [7, 11) is 0. The van der Waals surface area contributed by atoms with Crippen molar-refractivity contribution in [2.24, 2.45) is 5.92 Å². The third kappa shape index (κ3) is 9.20. The Kier molecular flexibility index (Phi) is 10.1. The van der Waals surface area contributed by atoms with Crippen LogP contribution in [0.15, 0.2) is 60.7 Å². The summed E-state index contributed by atoms with van der Waals surface area (Å²) in [5.41, 5.74) is 2.91. The highest BCUT2D eigenvalue weighted by Crippen LogP contribution is 2.11. The first kappa shape index (κ1) is 20.7. The number of unbranched alkanes of at least 4 members (excludes halogenated alkanes) is 3. The standard InChI is InChI=1S/C25H37N/c1-23(2)13-7-3-4-12-20-26(21-18-24-14-8-5-9-15-24)22-19-25-16-10-6-11-17-25/h5-6,8-11,14-17,23H,3-4,7,12-13,18-22H2,1-2H3. The summed E-state index contributed by atoms with van der Waals surface area (Å²) < 4.78 is 0. The van der Waals surface area contributed by atoms with Gasteiger partial charge < -0.3 is 4.90 Å². The Balaban J connectivity index is 1.74. The van der Waals surface area contributed by atoms with Crippen molar-refractivity contribution in [2.75, 3.05) is 19.6 Å². The van der Waals surface area contributed by atoms with Crippen LogP contribution in [0.1, 0.15) is 57.1 Å². The molecule has 2 aromatic carbocycles. The molecule has 142 valence electrons. The fraction of sp³-hybridized carbons (Fsp3) is 0.520. The van der Waals surface area contributed by atoms with Crippen molar-refractivity contribution in [3.8, 4) is 0 Å². The second-order valence-corrected chi connectivity index (χ2v) is 7.91. The number of hydrogen-bond acceptors (Lipinski definition) is 1. The van der Waals surface area contributed by atoms with Crippen molar-refractivity contribution in [1.82, 2.24) is 4.90 Å². The molecule has 0 aliphatic heterocycles. The molecule has 1 nitrogen and oxygen atoms in total. The summed E-state index contributed by atoms with van der Waals surface area (Å²) in [6.07, 6.45) is 9.19. The van der Waals surface area contributed by atoms with Crippen molar-refractivity contribution in [3.63, 3.8) is 0 Å². The Morgan fingerprint density at radius 2 is 1.12 bits per heavy atom. The van der Waals surface area contributed by atoms with Gasteiger partial charge in [0.15, 0.2) is 0 Å². The number of hydrogen-bond donors (Lipinski definition) is 0. The van der Waals surface area contributed by atoms with Crippen LogP contribution in [0.5, 0.6) is 0 Å². The van der Waals surface area contributed by atoms with Gasteiger partial charge in [0.05, 0.1) is 0 Å². The first-order valence-electron chi connectivity index (χ1n) is 10.5. The van der Waals surface area contributed by atoms with Crippen molar-refractivity contribution in [2.45, 2.75) is 58.8 Å². The zero-order valence-corrected chi connectivity index (χ0v) is 16.9. The Morgan fingerprint density at radius 3 is 1.62 bits per heavy atom. The van der Waals surface area contributed by atoms with E-state index >= 15 is 0 Å². The molecule has 2 rings (SSSR count). The average Bonchev–Trinajstić information content (AvgIpc) is 2.67. The van der Waals surface area contributed by atoms with E-state index in [1.54, 1.807) is 0 Å². The lowest BCUT2D eigenvalue weighted by Crippen LogP contribution is -2.29. The first-order chi connectivity index (χ1) is 12.7. The monoisotopic (exact) mass is 351 g/mol. The van der Waals surface area contributed by atoms with Crippen LogP contribution in [0.3, 0.4) is 0 Å². The van der Waals surface area contributed by atoms with E-state index in [1.807, 2.05) is 0 Å².